The van der Waals surface area contributed by atoms with Crippen LogP contribution in [0.1, 0.15) is 26.2 Å². The molecule has 0 atom stereocenters. The molecule has 0 radical (unpaired) electrons. The lowest BCUT2D eigenvalue weighted by Crippen LogP contribution is -2.21. The van der Waals surface area contributed by atoms with Crippen LogP contribution in [0.3, 0.4) is 0 Å². The van der Waals surface area contributed by atoms with E-state index in [9.17, 15) is 0 Å². The van der Waals surface area contributed by atoms with Crippen LogP contribution in [-0.4, -0.2) is 12.1 Å². The number of hydrogen-bond donors (Lipinski definition) is 2. The van der Waals surface area contributed by atoms with E-state index >= 15 is 0 Å². The molecule has 0 aliphatic carbocycles. The largest absolute Gasteiger partial charge is 0.471 e. The molecule has 0 heterocycles. The first-order chi connectivity index (χ1) is 4.31. The molecular formula is C5H14BNO2. The van der Waals surface area contributed by atoms with Crippen molar-refractivity contribution in [2.75, 3.05) is 0 Å². The molecule has 0 aromatic carbocycles. The normalized spacial score (nSPS) is 9.67. The SMILES string of the molecule is CCCCCB(O)ON. The summed E-state index contributed by atoms with van der Waals surface area (Å²) in [5, 5.41) is 8.74. The number of nitrogens with two attached hydrogens (primary N) is 1. The van der Waals surface area contributed by atoms with Crippen molar-refractivity contribution in [3.05, 3.63) is 0 Å². The van der Waals surface area contributed by atoms with Crippen molar-refractivity contribution in [1.82, 2.24) is 0 Å². The van der Waals surface area contributed by atoms with E-state index in [-0.39, 0.29) is 0 Å². The maximum absolute atomic E-state index is 8.74. The van der Waals surface area contributed by atoms with Gasteiger partial charge >= 0.3 is 7.12 Å². The molecular weight excluding hydrogens is 117 g/mol. The maximum atomic E-state index is 8.74. The van der Waals surface area contributed by atoms with Gasteiger partial charge in [-0.25, -0.2) is 5.90 Å². The maximum Gasteiger partial charge on any atom is 0.471 e. The average molecular weight is 131 g/mol. The molecule has 0 aliphatic rings. The summed E-state index contributed by atoms with van der Waals surface area (Å²) in [6.45, 7) is 2.11. The van der Waals surface area contributed by atoms with Crippen LogP contribution in [0.4, 0.5) is 0 Å². The van der Waals surface area contributed by atoms with Crippen molar-refractivity contribution in [3.63, 3.8) is 0 Å². The lowest BCUT2D eigenvalue weighted by Gasteiger charge is -1.99. The predicted octanol–water partition coefficient (Wildman–Crippen LogP) is 0.547. The average Bonchev–Trinajstić information content (AvgIpc) is 1.89. The Morgan fingerprint density at radius 2 is 2.22 bits per heavy atom. The van der Waals surface area contributed by atoms with E-state index in [1.807, 2.05) is 0 Å². The number of hydrogen-bond acceptors (Lipinski definition) is 3. The molecule has 3 nitrogen and oxygen atoms in total. The van der Waals surface area contributed by atoms with Gasteiger partial charge in [0.1, 0.15) is 0 Å². The van der Waals surface area contributed by atoms with Crippen molar-refractivity contribution < 1.29 is 9.78 Å². The number of rotatable bonds is 5. The molecule has 0 aromatic rings. The Morgan fingerprint density at radius 1 is 1.56 bits per heavy atom. The number of unbranched alkanes of at least 4 members (excludes halogenated alkanes) is 2. The summed E-state index contributed by atoms with van der Waals surface area (Å²) >= 11 is 0. The Morgan fingerprint density at radius 3 is 2.67 bits per heavy atom. The monoisotopic (exact) mass is 131 g/mol. The summed E-state index contributed by atoms with van der Waals surface area (Å²) in [4.78, 5) is 0. The van der Waals surface area contributed by atoms with Crippen molar-refractivity contribution in [2.24, 2.45) is 5.90 Å². The molecule has 0 spiro atoms. The molecule has 54 valence electrons. The van der Waals surface area contributed by atoms with Gasteiger partial charge in [0.15, 0.2) is 0 Å². The van der Waals surface area contributed by atoms with Gasteiger partial charge in [0.05, 0.1) is 0 Å². The van der Waals surface area contributed by atoms with Crippen LogP contribution in [0, 0.1) is 0 Å². The molecule has 3 N–H and O–H groups in total. The van der Waals surface area contributed by atoms with Crippen LogP contribution in [0.25, 0.3) is 0 Å². The molecule has 0 amide bonds. The highest BCUT2D eigenvalue weighted by Crippen LogP contribution is 2.01. The fraction of sp³-hybridized carbons (Fsp3) is 1.00. The van der Waals surface area contributed by atoms with Gasteiger partial charge in [-0.15, -0.1) is 0 Å². The van der Waals surface area contributed by atoms with Gasteiger partial charge in [0.2, 0.25) is 0 Å². The zero-order chi connectivity index (χ0) is 7.11. The minimum Gasteiger partial charge on any atom is -0.426 e. The van der Waals surface area contributed by atoms with Crippen LogP contribution in [-0.2, 0) is 4.76 Å². The molecule has 0 fully saturated rings. The molecule has 0 saturated heterocycles. The van der Waals surface area contributed by atoms with Crippen LogP contribution in [0.2, 0.25) is 6.32 Å². The smallest absolute Gasteiger partial charge is 0.426 e. The lowest BCUT2D eigenvalue weighted by atomic mass is 9.83. The van der Waals surface area contributed by atoms with Gasteiger partial charge in [0.25, 0.3) is 0 Å². The predicted molar refractivity (Wildman–Crippen MR) is 37.6 cm³/mol. The van der Waals surface area contributed by atoms with E-state index in [1.54, 1.807) is 0 Å². The second kappa shape index (κ2) is 6.07. The van der Waals surface area contributed by atoms with Gasteiger partial charge in [0, 0.05) is 0 Å². The van der Waals surface area contributed by atoms with E-state index in [2.05, 4.69) is 11.7 Å². The first kappa shape index (κ1) is 8.94. The fourth-order valence-corrected chi connectivity index (χ4v) is 0.637. The molecule has 0 bridgehead atoms. The zero-order valence-corrected chi connectivity index (χ0v) is 5.84. The summed E-state index contributed by atoms with van der Waals surface area (Å²) in [5.74, 6) is 4.70. The fourth-order valence-electron chi connectivity index (χ4n) is 0.637. The summed E-state index contributed by atoms with van der Waals surface area (Å²) in [6, 6.07) is 0. The molecule has 0 aliphatic heterocycles. The van der Waals surface area contributed by atoms with E-state index in [1.165, 1.54) is 0 Å². The van der Waals surface area contributed by atoms with E-state index in [0.29, 0.717) is 6.32 Å². The van der Waals surface area contributed by atoms with Crippen molar-refractivity contribution in [2.45, 2.75) is 32.5 Å². The van der Waals surface area contributed by atoms with Crippen molar-refractivity contribution >= 4 is 7.12 Å². The van der Waals surface area contributed by atoms with Crippen LogP contribution < -0.4 is 5.90 Å². The topological polar surface area (TPSA) is 55.5 Å². The minimum absolute atomic E-state index is 0.643. The quantitative estimate of drug-likeness (QED) is 0.325. The van der Waals surface area contributed by atoms with Gasteiger partial charge in [-0.1, -0.05) is 26.2 Å². The molecule has 0 saturated carbocycles. The standard InChI is InChI=1S/C5H14BNO2/c1-2-3-4-5-6(8)9-7/h8H,2-5,7H2,1H3. The molecule has 0 aromatic heterocycles. The van der Waals surface area contributed by atoms with Crippen molar-refractivity contribution in [3.8, 4) is 0 Å². The first-order valence-corrected chi connectivity index (χ1v) is 3.34. The molecule has 0 rings (SSSR count). The summed E-state index contributed by atoms with van der Waals surface area (Å²) in [6.07, 6.45) is 3.90. The Labute approximate surface area is 56.3 Å². The van der Waals surface area contributed by atoms with Gasteiger partial charge in [-0.3, -0.25) is 0 Å². The van der Waals surface area contributed by atoms with Gasteiger partial charge in [-0.2, -0.15) is 0 Å². The highest BCUT2D eigenvalue weighted by atomic mass is 16.6. The summed E-state index contributed by atoms with van der Waals surface area (Å²) < 4.78 is 4.15. The van der Waals surface area contributed by atoms with Crippen LogP contribution in [0.15, 0.2) is 0 Å². The van der Waals surface area contributed by atoms with E-state index < -0.39 is 7.12 Å². The molecule has 4 heteroatoms. The second-order valence-corrected chi connectivity index (χ2v) is 2.09. The van der Waals surface area contributed by atoms with Crippen molar-refractivity contribution in [1.29, 1.82) is 0 Å². The Balaban J connectivity index is 2.88. The van der Waals surface area contributed by atoms with E-state index in [4.69, 9.17) is 10.9 Å². The van der Waals surface area contributed by atoms with Crippen LogP contribution >= 0.6 is 0 Å². The van der Waals surface area contributed by atoms with Crippen LogP contribution in [0.5, 0.6) is 0 Å². The molecule has 0 unspecified atom stereocenters. The summed E-state index contributed by atoms with van der Waals surface area (Å²) in [5.41, 5.74) is 0. The zero-order valence-electron chi connectivity index (χ0n) is 5.84. The van der Waals surface area contributed by atoms with Gasteiger partial charge < -0.3 is 9.78 Å². The highest BCUT2D eigenvalue weighted by molar-refractivity contribution is 6.42. The Kier molecular flexibility index (Phi) is 6.03. The lowest BCUT2D eigenvalue weighted by molar-refractivity contribution is 0.267. The third-order valence-electron chi connectivity index (χ3n) is 1.21. The third-order valence-corrected chi connectivity index (χ3v) is 1.21. The highest BCUT2D eigenvalue weighted by Gasteiger charge is 2.08. The Hall–Kier alpha value is -0.0551. The first-order valence-electron chi connectivity index (χ1n) is 3.34. The minimum atomic E-state index is -0.767. The van der Waals surface area contributed by atoms with Gasteiger partial charge in [-0.05, 0) is 6.32 Å². The van der Waals surface area contributed by atoms with E-state index in [0.717, 1.165) is 19.3 Å². The second-order valence-electron chi connectivity index (χ2n) is 2.09. The molecule has 9 heavy (non-hydrogen) atoms. The third kappa shape index (κ3) is 5.82. The summed E-state index contributed by atoms with van der Waals surface area (Å²) in [7, 11) is -0.767. The Bertz CT molecular complexity index is 62.9.